The van der Waals surface area contributed by atoms with E-state index >= 15 is 0 Å². The molecule has 0 heterocycles. The maximum atomic E-state index is 12.3. The fourth-order valence-corrected chi connectivity index (χ4v) is 4.51. The molecule has 1 aromatic rings. The first-order valence-corrected chi connectivity index (χ1v) is 8.32. The second kappa shape index (κ2) is 5.29. The SMILES string of the molecule is Cc1cccc(OCC(=O)N[C@H]2C[C@H]3CC[C@@]2(C)C3(C)C)c1. The first kappa shape index (κ1) is 15.4. The average molecular weight is 301 g/mol. The monoisotopic (exact) mass is 301 g/mol. The van der Waals surface area contributed by atoms with Gasteiger partial charge in [-0.15, -0.1) is 0 Å². The number of hydrogen-bond acceptors (Lipinski definition) is 2. The summed E-state index contributed by atoms with van der Waals surface area (Å²) in [7, 11) is 0. The average Bonchev–Trinajstić information content (AvgIpc) is 2.78. The first-order valence-electron chi connectivity index (χ1n) is 8.32. The van der Waals surface area contributed by atoms with E-state index in [9.17, 15) is 4.79 Å². The van der Waals surface area contributed by atoms with Gasteiger partial charge >= 0.3 is 0 Å². The van der Waals surface area contributed by atoms with Crippen molar-refractivity contribution in [3.63, 3.8) is 0 Å². The number of hydrogen-bond donors (Lipinski definition) is 1. The lowest BCUT2D eigenvalue weighted by Gasteiger charge is -2.39. The van der Waals surface area contributed by atoms with Crippen LogP contribution in [0.3, 0.4) is 0 Å². The number of ether oxygens (including phenoxy) is 1. The Labute approximate surface area is 133 Å². The zero-order chi connectivity index (χ0) is 16.0. The molecular weight excluding hydrogens is 274 g/mol. The molecule has 3 heteroatoms. The summed E-state index contributed by atoms with van der Waals surface area (Å²) in [6, 6.07) is 8.10. The predicted octanol–water partition coefficient (Wildman–Crippen LogP) is 3.70. The number of rotatable bonds is 4. The Kier molecular flexibility index (Phi) is 3.70. The highest BCUT2D eigenvalue weighted by Crippen LogP contribution is 2.65. The summed E-state index contributed by atoms with van der Waals surface area (Å²) in [6.45, 7) is 9.18. The molecule has 22 heavy (non-hydrogen) atoms. The van der Waals surface area contributed by atoms with Gasteiger partial charge in [0.25, 0.3) is 5.91 Å². The molecule has 3 nitrogen and oxygen atoms in total. The van der Waals surface area contributed by atoms with Crippen LogP contribution in [0.15, 0.2) is 24.3 Å². The molecule has 0 radical (unpaired) electrons. The number of benzene rings is 1. The van der Waals surface area contributed by atoms with Gasteiger partial charge in [0.05, 0.1) is 0 Å². The normalized spacial score (nSPS) is 32.0. The molecule has 2 saturated carbocycles. The Morgan fingerprint density at radius 3 is 2.73 bits per heavy atom. The van der Waals surface area contributed by atoms with Crippen LogP contribution in [-0.4, -0.2) is 18.6 Å². The lowest BCUT2D eigenvalue weighted by atomic mass is 9.69. The molecule has 0 saturated heterocycles. The number of fused-ring (bicyclic) bond motifs is 2. The Hall–Kier alpha value is -1.51. The summed E-state index contributed by atoms with van der Waals surface area (Å²) >= 11 is 0. The Balaban J connectivity index is 1.57. The molecule has 0 unspecified atom stereocenters. The highest BCUT2D eigenvalue weighted by molar-refractivity contribution is 5.78. The van der Waals surface area contributed by atoms with E-state index in [4.69, 9.17) is 4.74 Å². The van der Waals surface area contributed by atoms with Crippen molar-refractivity contribution in [1.29, 1.82) is 0 Å². The second-order valence-corrected chi connectivity index (χ2v) is 7.84. The van der Waals surface area contributed by atoms with Gasteiger partial charge in [-0.3, -0.25) is 4.79 Å². The molecule has 1 N–H and O–H groups in total. The van der Waals surface area contributed by atoms with E-state index in [0.29, 0.717) is 5.41 Å². The third-order valence-electron chi connectivity index (χ3n) is 6.49. The van der Waals surface area contributed by atoms with Crippen molar-refractivity contribution in [2.75, 3.05) is 6.61 Å². The molecule has 1 amide bonds. The van der Waals surface area contributed by atoms with Crippen LogP contribution in [0, 0.1) is 23.7 Å². The summed E-state index contributed by atoms with van der Waals surface area (Å²) in [5.41, 5.74) is 1.68. The third-order valence-corrected chi connectivity index (χ3v) is 6.49. The summed E-state index contributed by atoms with van der Waals surface area (Å²) in [4.78, 5) is 12.3. The van der Waals surface area contributed by atoms with Gasteiger partial charge < -0.3 is 10.1 Å². The van der Waals surface area contributed by atoms with Crippen LogP contribution in [0.1, 0.15) is 45.6 Å². The second-order valence-electron chi connectivity index (χ2n) is 7.84. The standard InChI is InChI=1S/C19H27NO2/c1-13-6-5-7-15(10-13)22-12-17(21)20-16-11-14-8-9-19(16,4)18(14,2)3/h5-7,10,14,16H,8-9,11-12H2,1-4H3,(H,20,21)/t14-,16+,19-/m1/s1. The molecule has 3 atom stereocenters. The fraction of sp³-hybridized carbons (Fsp3) is 0.632. The Bertz CT molecular complexity index is 581. The molecule has 2 aliphatic rings. The molecule has 0 spiro atoms. The Morgan fingerprint density at radius 1 is 1.36 bits per heavy atom. The molecule has 3 rings (SSSR count). The minimum Gasteiger partial charge on any atom is -0.484 e. The highest BCUT2D eigenvalue weighted by Gasteiger charge is 2.61. The number of amides is 1. The summed E-state index contributed by atoms with van der Waals surface area (Å²) in [5, 5.41) is 3.23. The van der Waals surface area contributed by atoms with E-state index in [-0.39, 0.29) is 24.0 Å². The quantitative estimate of drug-likeness (QED) is 0.921. The van der Waals surface area contributed by atoms with Crippen LogP contribution in [0.4, 0.5) is 0 Å². The third kappa shape index (κ3) is 2.41. The molecule has 2 fully saturated rings. The predicted molar refractivity (Wildman–Crippen MR) is 87.8 cm³/mol. The van der Waals surface area contributed by atoms with E-state index < -0.39 is 0 Å². The number of carbonyl (C=O) groups is 1. The lowest BCUT2D eigenvalue weighted by molar-refractivity contribution is -0.124. The summed E-state index contributed by atoms with van der Waals surface area (Å²) < 4.78 is 5.61. The number of carbonyl (C=O) groups excluding carboxylic acids is 1. The van der Waals surface area contributed by atoms with Crippen LogP contribution in [0.2, 0.25) is 0 Å². The molecule has 0 aromatic heterocycles. The topological polar surface area (TPSA) is 38.3 Å². The summed E-state index contributed by atoms with van der Waals surface area (Å²) in [6.07, 6.45) is 3.63. The minimum atomic E-state index is -0.00363. The van der Waals surface area contributed by atoms with Crippen molar-refractivity contribution < 1.29 is 9.53 Å². The van der Waals surface area contributed by atoms with Crippen LogP contribution in [-0.2, 0) is 4.79 Å². The molecule has 120 valence electrons. The number of aryl methyl sites for hydroxylation is 1. The van der Waals surface area contributed by atoms with Crippen LogP contribution in [0.5, 0.6) is 5.75 Å². The molecule has 2 aliphatic carbocycles. The largest absolute Gasteiger partial charge is 0.484 e. The zero-order valence-electron chi connectivity index (χ0n) is 14.1. The first-order chi connectivity index (χ1) is 10.3. The van der Waals surface area contributed by atoms with E-state index in [0.717, 1.165) is 23.7 Å². The lowest BCUT2D eigenvalue weighted by Crippen LogP contribution is -2.48. The van der Waals surface area contributed by atoms with Crippen molar-refractivity contribution in [3.05, 3.63) is 29.8 Å². The van der Waals surface area contributed by atoms with Crippen molar-refractivity contribution in [1.82, 2.24) is 5.32 Å². The minimum absolute atomic E-state index is 0.00363. The van der Waals surface area contributed by atoms with Gasteiger partial charge in [0.1, 0.15) is 5.75 Å². The van der Waals surface area contributed by atoms with Crippen molar-refractivity contribution in [3.8, 4) is 5.75 Å². The van der Waals surface area contributed by atoms with Crippen LogP contribution >= 0.6 is 0 Å². The van der Waals surface area contributed by atoms with Gasteiger partial charge in [-0.25, -0.2) is 0 Å². The summed E-state index contributed by atoms with van der Waals surface area (Å²) in [5.74, 6) is 1.49. The zero-order valence-corrected chi connectivity index (χ0v) is 14.1. The van der Waals surface area contributed by atoms with Gasteiger partial charge in [0.2, 0.25) is 0 Å². The molecule has 0 aliphatic heterocycles. The van der Waals surface area contributed by atoms with E-state index in [1.165, 1.54) is 12.8 Å². The van der Waals surface area contributed by atoms with Crippen LogP contribution in [0.25, 0.3) is 0 Å². The van der Waals surface area contributed by atoms with Gasteiger partial charge in [0.15, 0.2) is 6.61 Å². The number of nitrogens with one attached hydrogen (secondary N) is 1. The van der Waals surface area contributed by atoms with Gasteiger partial charge in [0, 0.05) is 6.04 Å². The van der Waals surface area contributed by atoms with Gasteiger partial charge in [-0.2, -0.15) is 0 Å². The van der Waals surface area contributed by atoms with E-state index in [1.807, 2.05) is 31.2 Å². The van der Waals surface area contributed by atoms with Crippen molar-refractivity contribution in [2.45, 2.75) is 53.0 Å². The van der Waals surface area contributed by atoms with Crippen molar-refractivity contribution >= 4 is 5.91 Å². The van der Waals surface area contributed by atoms with Gasteiger partial charge in [-0.05, 0) is 60.6 Å². The van der Waals surface area contributed by atoms with Crippen LogP contribution < -0.4 is 10.1 Å². The Morgan fingerprint density at radius 2 is 2.14 bits per heavy atom. The molecular formula is C19H27NO2. The smallest absolute Gasteiger partial charge is 0.258 e. The van der Waals surface area contributed by atoms with E-state index in [2.05, 4.69) is 26.1 Å². The molecule has 2 bridgehead atoms. The highest BCUT2D eigenvalue weighted by atomic mass is 16.5. The van der Waals surface area contributed by atoms with E-state index in [1.54, 1.807) is 0 Å². The van der Waals surface area contributed by atoms with Crippen molar-refractivity contribution in [2.24, 2.45) is 16.7 Å². The molecule has 1 aromatic carbocycles. The van der Waals surface area contributed by atoms with Gasteiger partial charge in [-0.1, -0.05) is 32.9 Å². The maximum absolute atomic E-state index is 12.3. The fourth-order valence-electron chi connectivity index (χ4n) is 4.51. The maximum Gasteiger partial charge on any atom is 0.258 e.